The third kappa shape index (κ3) is 6.91. The molecule has 0 heterocycles. The van der Waals surface area contributed by atoms with Gasteiger partial charge in [-0.3, -0.25) is 4.79 Å². The molecule has 0 aliphatic heterocycles. The molecule has 128 valence electrons. The summed E-state index contributed by atoms with van der Waals surface area (Å²) in [4.78, 5) is 25.4. The molecule has 0 saturated heterocycles. The van der Waals surface area contributed by atoms with Gasteiger partial charge in [-0.25, -0.2) is 4.79 Å². The number of ether oxygens (including phenoxy) is 1. The highest BCUT2D eigenvalue weighted by Crippen LogP contribution is 2.19. The molecule has 1 aromatic rings. The highest BCUT2D eigenvalue weighted by Gasteiger charge is 2.21. The second-order valence-electron chi connectivity index (χ2n) is 6.24. The number of amides is 2. The summed E-state index contributed by atoms with van der Waals surface area (Å²) in [5.74, 6) is -0.266. The molecule has 0 spiro atoms. The van der Waals surface area contributed by atoms with Crippen molar-refractivity contribution < 1.29 is 14.3 Å². The number of hydrogen-bond donors (Lipinski definition) is 1. The molecule has 1 N–H and O–H groups in total. The van der Waals surface area contributed by atoms with Crippen molar-refractivity contribution in [3.05, 3.63) is 35.9 Å². The smallest absolute Gasteiger partial charge is 0.407 e. The Morgan fingerprint density at radius 3 is 2.39 bits per heavy atom. The van der Waals surface area contributed by atoms with Crippen LogP contribution in [0.5, 0.6) is 0 Å². The highest BCUT2D eigenvalue weighted by molar-refractivity contribution is 6.27. The number of carbonyl (C=O) groups is 2. The number of nitrogens with zero attached hydrogens (tertiary/aromatic N) is 1. The monoisotopic (exact) mass is 340 g/mol. The molecule has 5 nitrogen and oxygen atoms in total. The third-order valence-electron chi connectivity index (χ3n) is 3.21. The molecule has 1 atom stereocenters. The number of alkyl carbamates (subject to hydrolysis) is 1. The van der Waals surface area contributed by atoms with Gasteiger partial charge < -0.3 is 15.0 Å². The minimum atomic E-state index is -0.549. The number of rotatable bonds is 6. The zero-order valence-electron chi connectivity index (χ0n) is 14.1. The minimum absolute atomic E-state index is 0.0936. The van der Waals surface area contributed by atoms with E-state index in [9.17, 15) is 9.59 Å². The predicted octanol–water partition coefficient (Wildman–Crippen LogP) is 3.34. The van der Waals surface area contributed by atoms with Gasteiger partial charge in [-0.2, -0.15) is 0 Å². The van der Waals surface area contributed by atoms with Gasteiger partial charge in [-0.15, -0.1) is 11.6 Å². The maximum atomic E-state index is 12.1. The summed E-state index contributed by atoms with van der Waals surface area (Å²) >= 11 is 5.70. The lowest BCUT2D eigenvalue weighted by Gasteiger charge is -2.29. The largest absolute Gasteiger partial charge is 0.444 e. The van der Waals surface area contributed by atoms with E-state index in [1.54, 1.807) is 25.7 Å². The van der Waals surface area contributed by atoms with E-state index < -0.39 is 11.7 Å². The Labute approximate surface area is 142 Å². The zero-order chi connectivity index (χ0) is 17.5. The Morgan fingerprint density at radius 1 is 1.26 bits per heavy atom. The Balaban J connectivity index is 2.63. The average molecular weight is 341 g/mol. The molecule has 1 aromatic carbocycles. The molecule has 0 unspecified atom stereocenters. The molecule has 0 bridgehead atoms. The van der Waals surface area contributed by atoms with Gasteiger partial charge in [0.15, 0.2) is 0 Å². The molecule has 0 aliphatic rings. The SMILES string of the molecule is C[C@@H](c1ccccc1)N(CCNC(=O)OC(C)(C)C)C(=O)CCl. The number of hydrogen-bond acceptors (Lipinski definition) is 3. The molecule has 1 rings (SSSR count). The minimum Gasteiger partial charge on any atom is -0.444 e. The van der Waals surface area contributed by atoms with Crippen LogP contribution in [0.25, 0.3) is 0 Å². The van der Waals surface area contributed by atoms with Gasteiger partial charge in [0.25, 0.3) is 0 Å². The van der Waals surface area contributed by atoms with E-state index >= 15 is 0 Å². The van der Waals surface area contributed by atoms with Gasteiger partial charge in [-0.1, -0.05) is 30.3 Å². The van der Waals surface area contributed by atoms with Crippen LogP contribution in [0.15, 0.2) is 30.3 Å². The van der Waals surface area contributed by atoms with Crippen molar-refractivity contribution in [3.8, 4) is 0 Å². The number of alkyl halides is 1. The number of carbonyl (C=O) groups excluding carboxylic acids is 2. The first kappa shape index (κ1) is 19.3. The number of nitrogens with one attached hydrogen (secondary N) is 1. The van der Waals surface area contributed by atoms with Gasteiger partial charge in [0.1, 0.15) is 11.5 Å². The van der Waals surface area contributed by atoms with Gasteiger partial charge in [0, 0.05) is 13.1 Å². The first-order chi connectivity index (χ1) is 10.7. The summed E-state index contributed by atoms with van der Waals surface area (Å²) in [5, 5.41) is 2.66. The second-order valence-corrected chi connectivity index (χ2v) is 6.50. The van der Waals surface area contributed by atoms with Crippen molar-refractivity contribution in [1.29, 1.82) is 0 Å². The highest BCUT2D eigenvalue weighted by atomic mass is 35.5. The van der Waals surface area contributed by atoms with Gasteiger partial charge >= 0.3 is 6.09 Å². The van der Waals surface area contributed by atoms with E-state index in [4.69, 9.17) is 16.3 Å². The number of halogens is 1. The Hall–Kier alpha value is -1.75. The van der Waals surface area contributed by atoms with E-state index in [0.29, 0.717) is 13.1 Å². The lowest BCUT2D eigenvalue weighted by Crippen LogP contribution is -2.41. The Morgan fingerprint density at radius 2 is 1.87 bits per heavy atom. The molecule has 0 fully saturated rings. The van der Waals surface area contributed by atoms with Crippen LogP contribution in [0.4, 0.5) is 4.79 Å². The molecular weight excluding hydrogens is 316 g/mol. The fourth-order valence-electron chi connectivity index (χ4n) is 2.12. The number of benzene rings is 1. The second kappa shape index (κ2) is 8.77. The maximum Gasteiger partial charge on any atom is 0.407 e. The molecule has 0 aromatic heterocycles. The molecule has 6 heteroatoms. The van der Waals surface area contributed by atoms with E-state index in [2.05, 4.69) is 5.32 Å². The Kier molecular flexibility index (Phi) is 7.36. The van der Waals surface area contributed by atoms with E-state index in [1.165, 1.54) is 0 Å². The molecule has 0 aliphatic carbocycles. The zero-order valence-corrected chi connectivity index (χ0v) is 14.9. The van der Waals surface area contributed by atoms with Crippen molar-refractivity contribution >= 4 is 23.6 Å². The van der Waals surface area contributed by atoms with Crippen molar-refractivity contribution in [1.82, 2.24) is 10.2 Å². The molecular formula is C17H25ClN2O3. The predicted molar refractivity (Wildman–Crippen MR) is 91.5 cm³/mol. The van der Waals surface area contributed by atoms with Crippen LogP contribution >= 0.6 is 11.6 Å². The average Bonchev–Trinajstić information content (AvgIpc) is 2.49. The van der Waals surface area contributed by atoms with Crippen molar-refractivity contribution in [2.75, 3.05) is 19.0 Å². The summed E-state index contributed by atoms with van der Waals surface area (Å²) in [6.07, 6.45) is -0.497. The summed E-state index contributed by atoms with van der Waals surface area (Å²) < 4.78 is 5.17. The Bertz CT molecular complexity index is 514. The van der Waals surface area contributed by atoms with Crippen LogP contribution in [-0.4, -0.2) is 41.5 Å². The maximum absolute atomic E-state index is 12.1. The van der Waals surface area contributed by atoms with Crippen LogP contribution in [-0.2, 0) is 9.53 Å². The first-order valence-electron chi connectivity index (χ1n) is 7.62. The molecule has 23 heavy (non-hydrogen) atoms. The molecule has 2 amide bonds. The van der Waals surface area contributed by atoms with Crippen molar-refractivity contribution in [2.24, 2.45) is 0 Å². The van der Waals surface area contributed by atoms with Crippen molar-refractivity contribution in [3.63, 3.8) is 0 Å². The van der Waals surface area contributed by atoms with Crippen LogP contribution in [0.3, 0.4) is 0 Å². The molecule has 0 radical (unpaired) electrons. The third-order valence-corrected chi connectivity index (χ3v) is 3.43. The topological polar surface area (TPSA) is 58.6 Å². The van der Waals surface area contributed by atoms with Gasteiger partial charge in [0.05, 0.1) is 6.04 Å². The lowest BCUT2D eigenvalue weighted by molar-refractivity contribution is -0.130. The lowest BCUT2D eigenvalue weighted by atomic mass is 10.1. The standard InChI is InChI=1S/C17H25ClN2O3/c1-13(14-8-6-5-7-9-14)20(15(21)12-18)11-10-19-16(22)23-17(2,3)4/h5-9,13H,10-12H2,1-4H3,(H,19,22)/t13-/m0/s1. The molecule has 0 saturated carbocycles. The first-order valence-corrected chi connectivity index (χ1v) is 8.15. The van der Waals surface area contributed by atoms with Crippen LogP contribution in [0, 0.1) is 0 Å². The van der Waals surface area contributed by atoms with Crippen molar-refractivity contribution in [2.45, 2.75) is 39.3 Å². The van der Waals surface area contributed by atoms with Gasteiger partial charge in [-0.05, 0) is 33.3 Å². The summed E-state index contributed by atoms with van der Waals surface area (Å²) in [6.45, 7) is 8.00. The normalized spacial score (nSPS) is 12.4. The van der Waals surface area contributed by atoms with Crippen LogP contribution in [0.2, 0.25) is 0 Å². The fourth-order valence-corrected chi connectivity index (χ4v) is 2.27. The summed E-state index contributed by atoms with van der Waals surface area (Å²) in [7, 11) is 0. The van der Waals surface area contributed by atoms with E-state index in [-0.39, 0.29) is 17.8 Å². The quantitative estimate of drug-likeness (QED) is 0.808. The van der Waals surface area contributed by atoms with E-state index in [1.807, 2.05) is 37.3 Å². The van der Waals surface area contributed by atoms with Crippen LogP contribution < -0.4 is 5.32 Å². The summed E-state index contributed by atoms with van der Waals surface area (Å²) in [6, 6.07) is 9.57. The fraction of sp³-hybridized carbons (Fsp3) is 0.529. The summed E-state index contributed by atoms with van der Waals surface area (Å²) in [5.41, 5.74) is 0.468. The van der Waals surface area contributed by atoms with E-state index in [0.717, 1.165) is 5.56 Å². The van der Waals surface area contributed by atoms with Crippen LogP contribution in [0.1, 0.15) is 39.3 Å². The van der Waals surface area contributed by atoms with Gasteiger partial charge in [0.2, 0.25) is 5.91 Å².